The fraction of sp³-hybridized carbons (Fsp3) is 0.714. The third-order valence-corrected chi connectivity index (χ3v) is 2.05. The minimum atomic E-state index is 0.0920. The van der Waals surface area contributed by atoms with Crippen LogP contribution in [0.4, 0.5) is 0 Å². The van der Waals surface area contributed by atoms with E-state index < -0.39 is 0 Å². The van der Waals surface area contributed by atoms with Crippen molar-refractivity contribution in [3.8, 4) is 6.07 Å². The van der Waals surface area contributed by atoms with Gasteiger partial charge in [0, 0.05) is 0 Å². The van der Waals surface area contributed by atoms with Crippen molar-refractivity contribution in [2.45, 2.75) is 13.8 Å². The summed E-state index contributed by atoms with van der Waals surface area (Å²) < 4.78 is 0. The van der Waals surface area contributed by atoms with Crippen LogP contribution in [0.5, 0.6) is 0 Å². The number of nitriles is 1. The van der Waals surface area contributed by atoms with Crippen molar-refractivity contribution in [1.29, 1.82) is 5.26 Å². The van der Waals surface area contributed by atoms with Gasteiger partial charge in [0.25, 0.3) is 0 Å². The van der Waals surface area contributed by atoms with Gasteiger partial charge in [0.1, 0.15) is 0 Å². The van der Waals surface area contributed by atoms with E-state index >= 15 is 0 Å². The molecule has 1 rings (SSSR count). The second-order valence-electron chi connectivity index (χ2n) is 2.95. The predicted octanol–water partition coefficient (Wildman–Crippen LogP) is 1.49. The molecule has 0 spiro atoms. The zero-order valence-corrected chi connectivity index (χ0v) is 5.18. The quantitative estimate of drug-likeness (QED) is 0.460. The normalized spacial score (nSPS) is 40.8. The van der Waals surface area contributed by atoms with E-state index in [4.69, 9.17) is 12.2 Å². The molecule has 1 aliphatic rings. The summed E-state index contributed by atoms with van der Waals surface area (Å²) in [5.41, 5.74) is 0.0920. The van der Waals surface area contributed by atoms with Gasteiger partial charge in [0.2, 0.25) is 0 Å². The van der Waals surface area contributed by atoms with Gasteiger partial charge in [-0.25, -0.2) is 0 Å². The molecule has 0 heterocycles. The lowest BCUT2D eigenvalue weighted by molar-refractivity contribution is 0.588. The zero-order chi connectivity index (χ0) is 6.36. The van der Waals surface area contributed by atoms with Crippen LogP contribution in [0, 0.1) is 35.5 Å². The molecule has 0 amide bonds. The van der Waals surface area contributed by atoms with Gasteiger partial charge in [0.15, 0.2) is 0 Å². The Morgan fingerprint density at radius 2 is 2.00 bits per heavy atom. The smallest absolute Gasteiger partial charge is 0.0664 e. The van der Waals surface area contributed by atoms with Crippen molar-refractivity contribution in [2.75, 3.05) is 0 Å². The van der Waals surface area contributed by atoms with Crippen molar-refractivity contribution in [3.05, 3.63) is 6.92 Å². The lowest BCUT2D eigenvalue weighted by atomic mass is 10.1. The van der Waals surface area contributed by atoms with Gasteiger partial charge in [-0.05, 0) is 18.3 Å². The summed E-state index contributed by atoms with van der Waals surface area (Å²) in [7, 11) is 0. The molecule has 1 nitrogen and oxygen atoms in total. The van der Waals surface area contributed by atoms with Crippen LogP contribution in [0.3, 0.4) is 0 Å². The molecule has 1 fully saturated rings. The van der Waals surface area contributed by atoms with Crippen LogP contribution < -0.4 is 0 Å². The zero-order valence-electron chi connectivity index (χ0n) is 5.18. The first-order chi connectivity index (χ1) is 3.60. The topological polar surface area (TPSA) is 23.8 Å². The number of hydrogen-bond donors (Lipinski definition) is 0. The monoisotopic (exact) mass is 107 g/mol. The van der Waals surface area contributed by atoms with Crippen LogP contribution in [0.2, 0.25) is 0 Å². The highest BCUT2D eigenvalue weighted by Crippen LogP contribution is 2.56. The van der Waals surface area contributed by atoms with Gasteiger partial charge < -0.3 is 0 Å². The summed E-state index contributed by atoms with van der Waals surface area (Å²) in [5.74, 6) is 0.218. The minimum absolute atomic E-state index is 0.0920. The Hall–Kier alpha value is -0.510. The van der Waals surface area contributed by atoms with Gasteiger partial charge in [0.05, 0.1) is 12.0 Å². The summed E-state index contributed by atoms with van der Waals surface area (Å²) in [6, 6.07) is 2.15. The molecule has 0 aromatic rings. The van der Waals surface area contributed by atoms with E-state index in [-0.39, 0.29) is 17.3 Å². The lowest BCUT2D eigenvalue weighted by Crippen LogP contribution is -1.86. The van der Waals surface area contributed by atoms with Gasteiger partial charge in [-0.3, -0.25) is 0 Å². The Labute approximate surface area is 50.3 Å². The van der Waals surface area contributed by atoms with Crippen LogP contribution in [0.1, 0.15) is 13.8 Å². The van der Waals surface area contributed by atoms with Crippen LogP contribution >= 0.6 is 0 Å². The van der Waals surface area contributed by atoms with E-state index in [9.17, 15) is 0 Å². The first kappa shape index (κ1) is 5.62. The van der Waals surface area contributed by atoms with Crippen molar-refractivity contribution in [2.24, 2.45) is 17.3 Å². The lowest BCUT2D eigenvalue weighted by Gasteiger charge is -1.92. The Morgan fingerprint density at radius 3 is 2.00 bits per heavy atom. The number of rotatable bonds is 0. The number of hydrogen-bond acceptors (Lipinski definition) is 1. The maximum absolute atomic E-state index is 8.38. The Kier molecular flexibility index (Phi) is 0.881. The molecule has 1 heteroatoms. The molecule has 0 saturated heterocycles. The largest absolute Gasteiger partial charge is 0.198 e. The number of nitrogens with zero attached hydrogens (tertiary/aromatic N) is 1. The van der Waals surface area contributed by atoms with Crippen LogP contribution in [0.15, 0.2) is 0 Å². The van der Waals surface area contributed by atoms with Crippen LogP contribution in [0.25, 0.3) is 0 Å². The summed E-state index contributed by atoms with van der Waals surface area (Å²) in [6.45, 7) is 9.57. The second-order valence-corrected chi connectivity index (χ2v) is 2.95. The van der Waals surface area contributed by atoms with E-state index in [0.29, 0.717) is 0 Å². The molecule has 2 unspecified atom stereocenters. The van der Waals surface area contributed by atoms with Crippen LogP contribution in [-0.4, -0.2) is 0 Å². The molecular formula is C7H9N. The Bertz CT molecular complexity index is 141. The molecule has 1 saturated carbocycles. The summed E-state index contributed by atoms with van der Waals surface area (Å²) in [6.07, 6.45) is 0. The first-order valence-electron chi connectivity index (χ1n) is 2.76. The molecule has 2 atom stereocenters. The predicted molar refractivity (Wildman–Crippen MR) is 30.7 cm³/mol. The second kappa shape index (κ2) is 1.25. The third-order valence-electron chi connectivity index (χ3n) is 2.05. The van der Waals surface area contributed by atoms with Crippen molar-refractivity contribution in [1.82, 2.24) is 0 Å². The average molecular weight is 107 g/mol. The van der Waals surface area contributed by atoms with Gasteiger partial charge >= 0.3 is 0 Å². The maximum atomic E-state index is 8.38. The average Bonchev–Trinajstić information content (AvgIpc) is 2.09. The van der Waals surface area contributed by atoms with E-state index in [1.807, 2.05) is 13.8 Å². The Morgan fingerprint density at radius 1 is 1.62 bits per heavy atom. The van der Waals surface area contributed by atoms with Crippen molar-refractivity contribution in [3.63, 3.8) is 0 Å². The highest BCUT2D eigenvalue weighted by molar-refractivity contribution is 5.15. The van der Waals surface area contributed by atoms with Gasteiger partial charge in [-0.2, -0.15) is 5.26 Å². The first-order valence-corrected chi connectivity index (χ1v) is 2.76. The van der Waals surface area contributed by atoms with Crippen molar-refractivity contribution < 1.29 is 0 Å². The molecule has 8 heavy (non-hydrogen) atoms. The molecule has 0 aromatic carbocycles. The van der Waals surface area contributed by atoms with E-state index in [2.05, 4.69) is 6.07 Å². The van der Waals surface area contributed by atoms with E-state index in [0.717, 1.165) is 0 Å². The SMILES string of the molecule is [CH]C1C(C#N)C1(C)C. The van der Waals surface area contributed by atoms with E-state index in [1.165, 1.54) is 0 Å². The molecule has 0 aromatic heterocycles. The third kappa shape index (κ3) is 0.461. The Balaban J connectivity index is 2.62. The van der Waals surface area contributed by atoms with Gasteiger partial charge in [-0.15, -0.1) is 0 Å². The van der Waals surface area contributed by atoms with Crippen molar-refractivity contribution >= 4 is 0 Å². The fourth-order valence-corrected chi connectivity index (χ4v) is 0.924. The molecule has 1 aliphatic carbocycles. The van der Waals surface area contributed by atoms with E-state index in [1.54, 1.807) is 0 Å². The highest BCUT2D eigenvalue weighted by Gasteiger charge is 2.55. The minimum Gasteiger partial charge on any atom is -0.198 e. The summed E-state index contributed by atoms with van der Waals surface area (Å²) in [4.78, 5) is 0. The molecule has 0 N–H and O–H groups in total. The molecule has 0 aliphatic heterocycles. The molecule has 42 valence electrons. The summed E-state index contributed by atoms with van der Waals surface area (Å²) in [5, 5.41) is 8.38. The standard InChI is InChI=1S/C7H9N/c1-5-6(4-8)7(5,2)3/h1,5-6H,2-3H3. The fourth-order valence-electron chi connectivity index (χ4n) is 0.924. The van der Waals surface area contributed by atoms with Gasteiger partial charge in [-0.1, -0.05) is 13.8 Å². The molecular weight excluding hydrogens is 98.1 g/mol. The highest BCUT2D eigenvalue weighted by atomic mass is 14.6. The maximum Gasteiger partial charge on any atom is 0.0664 e. The molecule has 2 radical (unpaired) electrons. The summed E-state index contributed by atoms with van der Waals surface area (Å²) >= 11 is 0. The van der Waals surface area contributed by atoms with Crippen LogP contribution in [-0.2, 0) is 0 Å². The molecule has 0 bridgehead atoms.